The van der Waals surface area contributed by atoms with Gasteiger partial charge in [0.1, 0.15) is 17.6 Å². The Balaban J connectivity index is 1.90. The molecule has 2 rings (SSSR count). The van der Waals surface area contributed by atoms with Gasteiger partial charge in [0.15, 0.2) is 0 Å². The zero-order valence-corrected chi connectivity index (χ0v) is 12.1. The molecule has 0 radical (unpaired) electrons. The second-order valence-electron chi connectivity index (χ2n) is 4.21. The third-order valence-electron chi connectivity index (χ3n) is 2.75. The van der Waals surface area contributed by atoms with Gasteiger partial charge in [-0.25, -0.2) is 4.79 Å². The molecule has 2 aromatic rings. The Bertz CT molecular complexity index is 601. The number of halogens is 1. The number of carbonyl (C=O) groups is 1. The molecule has 0 bridgehead atoms. The summed E-state index contributed by atoms with van der Waals surface area (Å²) < 4.78 is 10.1. The van der Waals surface area contributed by atoms with Crippen LogP contribution >= 0.6 is 11.6 Å². The van der Waals surface area contributed by atoms with Crippen LogP contribution in [0.15, 0.2) is 41.0 Å². The predicted molar refractivity (Wildman–Crippen MR) is 78.7 cm³/mol. The summed E-state index contributed by atoms with van der Waals surface area (Å²) in [5.41, 5.74) is 0.418. The zero-order chi connectivity index (χ0) is 15.2. The molecule has 1 atom stereocenters. The van der Waals surface area contributed by atoms with E-state index in [9.17, 15) is 9.90 Å². The van der Waals surface area contributed by atoms with Gasteiger partial charge in [-0.15, -0.1) is 0 Å². The van der Waals surface area contributed by atoms with Crippen molar-refractivity contribution >= 4 is 23.3 Å². The number of rotatable bonds is 5. The lowest BCUT2D eigenvalue weighted by molar-refractivity contribution is 0.149. The van der Waals surface area contributed by atoms with Crippen molar-refractivity contribution in [2.45, 2.75) is 6.10 Å². The average Bonchev–Trinajstić information content (AvgIpc) is 3.01. The minimum atomic E-state index is -0.911. The Morgan fingerprint density at radius 2 is 2.29 bits per heavy atom. The van der Waals surface area contributed by atoms with E-state index in [1.54, 1.807) is 30.3 Å². The number of carbonyl (C=O) groups excluding carboxylic acids is 1. The largest absolute Gasteiger partial charge is 0.497 e. The second-order valence-corrected chi connectivity index (χ2v) is 4.62. The van der Waals surface area contributed by atoms with Gasteiger partial charge in [-0.1, -0.05) is 11.6 Å². The summed E-state index contributed by atoms with van der Waals surface area (Å²) in [5, 5.41) is 15.3. The van der Waals surface area contributed by atoms with Crippen molar-refractivity contribution in [3.05, 3.63) is 47.4 Å². The third-order valence-corrected chi connectivity index (χ3v) is 3.08. The van der Waals surface area contributed by atoms with Crippen LogP contribution in [0.3, 0.4) is 0 Å². The highest BCUT2D eigenvalue weighted by Crippen LogP contribution is 2.26. The molecule has 0 saturated carbocycles. The number of hydrogen-bond donors (Lipinski definition) is 3. The van der Waals surface area contributed by atoms with Crippen molar-refractivity contribution in [1.82, 2.24) is 5.32 Å². The molecule has 112 valence electrons. The quantitative estimate of drug-likeness (QED) is 0.793. The molecule has 7 heteroatoms. The minimum Gasteiger partial charge on any atom is -0.497 e. The van der Waals surface area contributed by atoms with Crippen LogP contribution < -0.4 is 15.4 Å². The second kappa shape index (κ2) is 7.01. The van der Waals surface area contributed by atoms with Crippen LogP contribution in [0.25, 0.3) is 0 Å². The van der Waals surface area contributed by atoms with E-state index in [0.717, 1.165) is 0 Å². The number of hydrogen-bond acceptors (Lipinski definition) is 4. The molecule has 1 aromatic heterocycles. The average molecular weight is 311 g/mol. The van der Waals surface area contributed by atoms with Crippen molar-refractivity contribution in [3.8, 4) is 5.75 Å². The van der Waals surface area contributed by atoms with Crippen LogP contribution in [-0.4, -0.2) is 24.8 Å². The van der Waals surface area contributed by atoms with Gasteiger partial charge in [-0.05, 0) is 24.3 Å². The minimum absolute atomic E-state index is 0.0148. The summed E-state index contributed by atoms with van der Waals surface area (Å²) >= 11 is 5.98. The number of urea groups is 1. The van der Waals surface area contributed by atoms with Crippen molar-refractivity contribution in [2.75, 3.05) is 19.0 Å². The van der Waals surface area contributed by atoms with E-state index in [2.05, 4.69) is 10.6 Å². The Morgan fingerprint density at radius 1 is 1.48 bits per heavy atom. The van der Waals surface area contributed by atoms with Gasteiger partial charge in [0.05, 0.1) is 30.6 Å². The van der Waals surface area contributed by atoms with E-state index in [1.165, 1.54) is 13.4 Å². The van der Waals surface area contributed by atoms with E-state index in [1.807, 2.05) is 0 Å². The lowest BCUT2D eigenvalue weighted by Crippen LogP contribution is -2.32. The number of furan rings is 1. The molecule has 0 saturated heterocycles. The van der Waals surface area contributed by atoms with Crippen LogP contribution in [0.5, 0.6) is 5.75 Å². The van der Waals surface area contributed by atoms with E-state index in [4.69, 9.17) is 20.8 Å². The summed E-state index contributed by atoms with van der Waals surface area (Å²) in [6, 6.07) is 7.71. The zero-order valence-electron chi connectivity index (χ0n) is 11.3. The molecular weight excluding hydrogens is 296 g/mol. The number of aliphatic hydroxyl groups is 1. The molecule has 0 aliphatic carbocycles. The first kappa shape index (κ1) is 15.2. The fourth-order valence-corrected chi connectivity index (χ4v) is 1.83. The Morgan fingerprint density at radius 3 is 2.95 bits per heavy atom. The monoisotopic (exact) mass is 310 g/mol. The maximum Gasteiger partial charge on any atom is 0.319 e. The smallest absolute Gasteiger partial charge is 0.319 e. The van der Waals surface area contributed by atoms with Gasteiger partial charge < -0.3 is 24.9 Å². The summed E-state index contributed by atoms with van der Waals surface area (Å²) in [5.74, 6) is 0.958. The van der Waals surface area contributed by atoms with Crippen LogP contribution in [-0.2, 0) is 0 Å². The van der Waals surface area contributed by atoms with Gasteiger partial charge in [0.25, 0.3) is 0 Å². The van der Waals surface area contributed by atoms with Gasteiger partial charge in [-0.2, -0.15) is 0 Å². The Kier molecular flexibility index (Phi) is 5.08. The molecule has 0 fully saturated rings. The number of nitrogens with one attached hydrogen (secondary N) is 2. The molecule has 0 aliphatic heterocycles. The summed E-state index contributed by atoms with van der Waals surface area (Å²) in [6.45, 7) is 0.0148. The van der Waals surface area contributed by atoms with E-state index in [0.29, 0.717) is 22.2 Å². The summed E-state index contributed by atoms with van der Waals surface area (Å²) in [7, 11) is 1.52. The van der Waals surface area contributed by atoms with Gasteiger partial charge in [-0.3, -0.25) is 0 Å². The number of aliphatic hydroxyl groups excluding tert-OH is 1. The lowest BCUT2D eigenvalue weighted by atomic mass is 10.3. The van der Waals surface area contributed by atoms with E-state index < -0.39 is 12.1 Å². The molecule has 1 unspecified atom stereocenters. The molecule has 21 heavy (non-hydrogen) atoms. The topological polar surface area (TPSA) is 83.7 Å². The first-order valence-electron chi connectivity index (χ1n) is 6.20. The molecule has 1 heterocycles. The number of ether oxygens (including phenoxy) is 1. The maximum absolute atomic E-state index is 11.8. The van der Waals surface area contributed by atoms with Crippen molar-refractivity contribution in [1.29, 1.82) is 0 Å². The molecule has 0 spiro atoms. The number of anilines is 1. The first-order valence-corrected chi connectivity index (χ1v) is 6.58. The lowest BCUT2D eigenvalue weighted by Gasteiger charge is -2.12. The van der Waals surface area contributed by atoms with Gasteiger partial charge >= 0.3 is 6.03 Å². The van der Waals surface area contributed by atoms with Crippen LogP contribution in [0.4, 0.5) is 10.5 Å². The first-order chi connectivity index (χ1) is 10.1. The molecule has 6 nitrogen and oxygen atoms in total. The van der Waals surface area contributed by atoms with Crippen molar-refractivity contribution in [3.63, 3.8) is 0 Å². The summed E-state index contributed by atoms with van der Waals surface area (Å²) in [6.07, 6.45) is 0.542. The van der Waals surface area contributed by atoms with Gasteiger partial charge in [0, 0.05) is 6.07 Å². The summed E-state index contributed by atoms with van der Waals surface area (Å²) in [4.78, 5) is 11.8. The van der Waals surface area contributed by atoms with Crippen molar-refractivity contribution < 1.29 is 19.1 Å². The van der Waals surface area contributed by atoms with E-state index >= 15 is 0 Å². The SMILES string of the molecule is COc1ccc(Cl)c(NC(=O)NCC(O)c2ccco2)c1. The molecule has 2 amide bonds. The molecular formula is C14H15ClN2O4. The molecule has 0 aliphatic rings. The normalized spacial score (nSPS) is 11.8. The standard InChI is InChI=1S/C14H15ClN2O4/c1-20-9-4-5-10(15)11(7-9)17-14(19)16-8-12(18)13-3-2-6-21-13/h2-7,12,18H,8H2,1H3,(H2,16,17,19). The highest BCUT2D eigenvalue weighted by atomic mass is 35.5. The third kappa shape index (κ3) is 4.14. The van der Waals surface area contributed by atoms with Crippen LogP contribution in [0.1, 0.15) is 11.9 Å². The number of methoxy groups -OCH3 is 1. The fourth-order valence-electron chi connectivity index (χ4n) is 1.66. The Hall–Kier alpha value is -2.18. The van der Waals surface area contributed by atoms with Gasteiger partial charge in [0.2, 0.25) is 0 Å². The predicted octanol–water partition coefficient (Wildman–Crippen LogP) is 2.80. The maximum atomic E-state index is 11.8. The highest BCUT2D eigenvalue weighted by Gasteiger charge is 2.12. The number of benzene rings is 1. The Labute approximate surface area is 126 Å². The number of amides is 2. The van der Waals surface area contributed by atoms with Crippen molar-refractivity contribution in [2.24, 2.45) is 0 Å². The highest BCUT2D eigenvalue weighted by molar-refractivity contribution is 6.33. The fraction of sp³-hybridized carbons (Fsp3) is 0.214. The van der Waals surface area contributed by atoms with E-state index in [-0.39, 0.29) is 6.54 Å². The van der Waals surface area contributed by atoms with Crippen LogP contribution in [0.2, 0.25) is 5.02 Å². The molecule has 3 N–H and O–H groups in total. The van der Waals surface area contributed by atoms with Crippen LogP contribution in [0, 0.1) is 0 Å². The molecule has 1 aromatic carbocycles.